The summed E-state index contributed by atoms with van der Waals surface area (Å²) in [5.74, 6) is -0.0572. The zero-order valence-electron chi connectivity index (χ0n) is 14.1. The van der Waals surface area contributed by atoms with E-state index in [-0.39, 0.29) is 5.91 Å². The third kappa shape index (κ3) is 2.75. The highest BCUT2D eigenvalue weighted by Crippen LogP contribution is 2.28. The average molecular weight is 332 g/mol. The number of carbonyl (C=O) groups is 1. The number of amides is 1. The molecule has 0 saturated heterocycles. The Morgan fingerprint density at radius 1 is 1.00 bits per heavy atom. The Hall–Kier alpha value is -2.85. The minimum absolute atomic E-state index is 0.0572. The van der Waals surface area contributed by atoms with Crippen LogP contribution in [0.4, 0.5) is 0 Å². The minimum atomic E-state index is -0.636. The Labute approximate surface area is 146 Å². The van der Waals surface area contributed by atoms with Crippen LogP contribution in [0.5, 0.6) is 0 Å². The van der Waals surface area contributed by atoms with Crippen molar-refractivity contribution in [2.24, 2.45) is 7.05 Å². The summed E-state index contributed by atoms with van der Waals surface area (Å²) in [6.07, 6.45) is -0.636. The molecule has 1 N–H and O–H groups in total. The van der Waals surface area contributed by atoms with Crippen LogP contribution in [0.25, 0.3) is 11.3 Å². The number of aliphatic hydroxyl groups is 1. The summed E-state index contributed by atoms with van der Waals surface area (Å²) in [5, 5.41) is 10.4. The lowest BCUT2D eigenvalue weighted by molar-refractivity contribution is 0.0541. The van der Waals surface area contributed by atoms with Gasteiger partial charge in [0.1, 0.15) is 5.69 Å². The van der Waals surface area contributed by atoms with Gasteiger partial charge in [-0.25, -0.2) is 0 Å². The second kappa shape index (κ2) is 6.22. The van der Waals surface area contributed by atoms with Gasteiger partial charge in [0.05, 0.1) is 12.6 Å². The molecule has 1 aliphatic rings. The third-order valence-electron chi connectivity index (χ3n) is 4.87. The fourth-order valence-electron chi connectivity index (χ4n) is 3.52. The molecule has 2 heterocycles. The number of fused-ring (bicyclic) bond motifs is 1. The van der Waals surface area contributed by atoms with E-state index in [0.29, 0.717) is 18.8 Å². The molecule has 126 valence electrons. The fraction of sp³-hybridized carbons (Fsp3) is 0.190. The molecule has 0 aliphatic carbocycles. The maximum atomic E-state index is 13.0. The molecule has 2 aromatic carbocycles. The van der Waals surface area contributed by atoms with E-state index in [9.17, 15) is 9.90 Å². The number of nitrogens with zero attached hydrogens (tertiary/aromatic N) is 2. The first-order valence-corrected chi connectivity index (χ1v) is 8.41. The quantitative estimate of drug-likeness (QED) is 0.782. The molecule has 4 rings (SSSR count). The molecule has 4 heteroatoms. The number of hydrogen-bond acceptors (Lipinski definition) is 2. The van der Waals surface area contributed by atoms with Gasteiger partial charge in [0.2, 0.25) is 0 Å². The highest BCUT2D eigenvalue weighted by molar-refractivity contribution is 5.94. The second-order valence-electron chi connectivity index (χ2n) is 6.43. The zero-order valence-corrected chi connectivity index (χ0v) is 14.1. The van der Waals surface area contributed by atoms with Gasteiger partial charge in [-0.2, -0.15) is 0 Å². The van der Waals surface area contributed by atoms with E-state index < -0.39 is 6.10 Å². The maximum absolute atomic E-state index is 13.0. The number of rotatable bonds is 2. The van der Waals surface area contributed by atoms with E-state index in [4.69, 9.17) is 0 Å². The molecule has 1 aromatic heterocycles. The predicted octanol–water partition coefficient (Wildman–Crippen LogP) is 3.38. The summed E-state index contributed by atoms with van der Waals surface area (Å²) in [4.78, 5) is 14.7. The average Bonchev–Trinajstić information content (AvgIpc) is 3.03. The molecule has 0 unspecified atom stereocenters. The van der Waals surface area contributed by atoms with Gasteiger partial charge >= 0.3 is 0 Å². The Bertz CT molecular complexity index is 915. The van der Waals surface area contributed by atoms with Crippen molar-refractivity contribution >= 4 is 5.91 Å². The normalized spacial score (nSPS) is 16.6. The standard InChI is InChI=1S/C21H20N2O2/c1-22-18(15-7-3-2-4-8-15)11-12-19(22)21(25)23-13-16-9-5-6-10-17(16)20(24)14-23/h2-12,20,24H,13-14H2,1H3/t20-/m0/s1. The van der Waals surface area contributed by atoms with Gasteiger partial charge < -0.3 is 14.6 Å². The molecule has 0 fully saturated rings. The monoisotopic (exact) mass is 332 g/mol. The fourth-order valence-corrected chi connectivity index (χ4v) is 3.52. The topological polar surface area (TPSA) is 45.5 Å². The number of β-amino-alcohol motifs (C(OH)–C–C–N with tert-alkyl or cyclic N) is 1. The molecule has 3 aromatic rings. The molecule has 25 heavy (non-hydrogen) atoms. The molecule has 0 radical (unpaired) electrons. The van der Waals surface area contributed by atoms with Crippen LogP contribution in [0.1, 0.15) is 27.7 Å². The summed E-state index contributed by atoms with van der Waals surface area (Å²) in [6.45, 7) is 0.847. The van der Waals surface area contributed by atoms with Gasteiger partial charge in [0.25, 0.3) is 5.91 Å². The second-order valence-corrected chi connectivity index (χ2v) is 6.43. The SMILES string of the molecule is Cn1c(C(=O)N2Cc3ccccc3[C@@H](O)C2)ccc1-c1ccccc1. The van der Waals surface area contributed by atoms with Gasteiger partial charge in [-0.05, 0) is 28.8 Å². The van der Waals surface area contributed by atoms with Crippen LogP contribution >= 0.6 is 0 Å². The van der Waals surface area contributed by atoms with Crippen LogP contribution in [-0.2, 0) is 13.6 Å². The number of carbonyl (C=O) groups excluding carboxylic acids is 1. The van der Waals surface area contributed by atoms with Crippen molar-refractivity contribution in [3.63, 3.8) is 0 Å². The number of aromatic nitrogens is 1. The van der Waals surface area contributed by atoms with Gasteiger partial charge in [-0.1, -0.05) is 54.6 Å². The van der Waals surface area contributed by atoms with Gasteiger partial charge in [0, 0.05) is 19.3 Å². The van der Waals surface area contributed by atoms with Crippen molar-refractivity contribution in [1.29, 1.82) is 0 Å². The van der Waals surface area contributed by atoms with Gasteiger partial charge in [-0.15, -0.1) is 0 Å². The van der Waals surface area contributed by atoms with E-state index >= 15 is 0 Å². The Morgan fingerprint density at radius 2 is 1.72 bits per heavy atom. The molecule has 0 saturated carbocycles. The first-order valence-electron chi connectivity index (χ1n) is 8.41. The predicted molar refractivity (Wildman–Crippen MR) is 97.0 cm³/mol. The van der Waals surface area contributed by atoms with E-state index in [1.165, 1.54) is 0 Å². The number of aliphatic hydroxyl groups excluding tert-OH is 1. The lowest BCUT2D eigenvalue weighted by Crippen LogP contribution is -2.39. The first-order chi connectivity index (χ1) is 12.1. The Morgan fingerprint density at radius 3 is 2.52 bits per heavy atom. The zero-order chi connectivity index (χ0) is 17.4. The van der Waals surface area contributed by atoms with Crippen molar-refractivity contribution in [3.05, 3.63) is 83.6 Å². The van der Waals surface area contributed by atoms with Gasteiger partial charge in [-0.3, -0.25) is 4.79 Å². The smallest absolute Gasteiger partial charge is 0.270 e. The van der Waals surface area contributed by atoms with E-state index in [0.717, 1.165) is 22.4 Å². The number of benzene rings is 2. The van der Waals surface area contributed by atoms with Crippen molar-refractivity contribution in [2.75, 3.05) is 6.54 Å². The number of hydrogen-bond donors (Lipinski definition) is 1. The molecule has 4 nitrogen and oxygen atoms in total. The minimum Gasteiger partial charge on any atom is -0.387 e. The Kier molecular flexibility index (Phi) is 3.90. The van der Waals surface area contributed by atoms with Crippen molar-refractivity contribution < 1.29 is 9.90 Å². The van der Waals surface area contributed by atoms with Crippen LogP contribution in [0.2, 0.25) is 0 Å². The summed E-state index contributed by atoms with van der Waals surface area (Å²) >= 11 is 0. The largest absolute Gasteiger partial charge is 0.387 e. The van der Waals surface area contributed by atoms with Crippen LogP contribution < -0.4 is 0 Å². The Balaban J connectivity index is 1.64. The third-order valence-corrected chi connectivity index (χ3v) is 4.87. The molecule has 1 amide bonds. The van der Waals surface area contributed by atoms with Crippen LogP contribution in [0, 0.1) is 0 Å². The van der Waals surface area contributed by atoms with E-state index in [1.807, 2.05) is 78.3 Å². The summed E-state index contributed by atoms with van der Waals surface area (Å²) < 4.78 is 1.92. The van der Waals surface area contributed by atoms with Crippen molar-refractivity contribution in [3.8, 4) is 11.3 Å². The van der Waals surface area contributed by atoms with Crippen molar-refractivity contribution in [1.82, 2.24) is 9.47 Å². The highest BCUT2D eigenvalue weighted by Gasteiger charge is 2.28. The first kappa shape index (κ1) is 15.7. The molecule has 0 spiro atoms. The van der Waals surface area contributed by atoms with Crippen LogP contribution in [-0.4, -0.2) is 27.0 Å². The van der Waals surface area contributed by atoms with Crippen LogP contribution in [0.3, 0.4) is 0 Å². The van der Waals surface area contributed by atoms with Crippen molar-refractivity contribution in [2.45, 2.75) is 12.6 Å². The molecular formula is C21H20N2O2. The van der Waals surface area contributed by atoms with Crippen LogP contribution in [0.15, 0.2) is 66.7 Å². The lowest BCUT2D eigenvalue weighted by Gasteiger charge is -2.32. The molecule has 0 bridgehead atoms. The summed E-state index contributed by atoms with van der Waals surface area (Å²) in [7, 11) is 1.91. The lowest BCUT2D eigenvalue weighted by atomic mass is 9.97. The van der Waals surface area contributed by atoms with Gasteiger partial charge in [0.15, 0.2) is 0 Å². The highest BCUT2D eigenvalue weighted by atomic mass is 16.3. The van der Waals surface area contributed by atoms with E-state index in [1.54, 1.807) is 4.90 Å². The molecule has 1 atom stereocenters. The molecular weight excluding hydrogens is 312 g/mol. The molecule has 1 aliphatic heterocycles. The summed E-state index contributed by atoms with van der Waals surface area (Å²) in [6, 6.07) is 21.6. The summed E-state index contributed by atoms with van der Waals surface area (Å²) in [5.41, 5.74) is 4.64. The maximum Gasteiger partial charge on any atom is 0.270 e. The van der Waals surface area contributed by atoms with E-state index in [2.05, 4.69) is 0 Å².